The molecule has 1 atom stereocenters. The number of carbonyl (C=O) groups excluding carboxylic acids is 1. The van der Waals surface area contributed by atoms with Crippen molar-refractivity contribution in [3.8, 4) is 0 Å². The average molecular weight is 587 g/mol. The molecule has 42 heavy (non-hydrogen) atoms. The molecular formula is C36H48NO4Si-. The van der Waals surface area contributed by atoms with Gasteiger partial charge in [0.25, 0.3) is 8.32 Å². The second-order valence-corrected chi connectivity index (χ2v) is 18.5. The predicted octanol–water partition coefficient (Wildman–Crippen LogP) is 6.67. The van der Waals surface area contributed by atoms with Gasteiger partial charge in [-0.25, -0.2) is 0 Å². The Balaban J connectivity index is 1.34. The van der Waals surface area contributed by atoms with E-state index in [1.807, 2.05) is 0 Å². The lowest BCUT2D eigenvalue weighted by atomic mass is 9.69. The van der Waals surface area contributed by atoms with Crippen molar-refractivity contribution in [1.29, 1.82) is 0 Å². The quantitative estimate of drug-likeness (QED) is 0.156. The minimum absolute atomic E-state index is 0.0362. The van der Waals surface area contributed by atoms with E-state index in [0.717, 1.165) is 49.5 Å². The van der Waals surface area contributed by atoms with Crippen molar-refractivity contribution in [3.05, 3.63) is 77.7 Å². The predicted molar refractivity (Wildman–Crippen MR) is 169 cm³/mol. The fourth-order valence-corrected chi connectivity index (χ4v) is 12.0. The first-order chi connectivity index (χ1) is 20.1. The molecule has 2 saturated carbocycles. The Morgan fingerprint density at radius 1 is 1.00 bits per heavy atom. The molecule has 6 heteroatoms. The van der Waals surface area contributed by atoms with Gasteiger partial charge in [-0.3, -0.25) is 0 Å². The second kappa shape index (κ2) is 12.9. The van der Waals surface area contributed by atoms with E-state index in [4.69, 9.17) is 8.95 Å². The minimum Gasteiger partial charge on any atom is -0.550 e. The summed E-state index contributed by atoms with van der Waals surface area (Å²) in [5.74, 6) is 2.14. The summed E-state index contributed by atoms with van der Waals surface area (Å²) in [6.45, 7) is 12.0. The van der Waals surface area contributed by atoms with Crippen LogP contribution in [0.25, 0.3) is 0 Å². The van der Waals surface area contributed by atoms with Gasteiger partial charge in [-0.2, -0.15) is 0 Å². The SMILES string of the molecule is CC(C)CC1CC(c2onc([C@@H](CCCO[Si](c3ccccc3)(c3ccccc3)C(C)(C)C)CC(=O)[O-])c2C2CC2)C1. The third-order valence-electron chi connectivity index (χ3n) is 9.41. The highest BCUT2D eigenvalue weighted by Gasteiger charge is 2.50. The molecule has 1 aromatic heterocycles. The number of carboxylic acid groups (broad SMARTS) is 1. The summed E-state index contributed by atoms with van der Waals surface area (Å²) < 4.78 is 13.1. The van der Waals surface area contributed by atoms with Crippen LogP contribution in [0.4, 0.5) is 0 Å². The van der Waals surface area contributed by atoms with Crippen LogP contribution >= 0.6 is 0 Å². The molecule has 0 spiro atoms. The molecule has 2 aromatic carbocycles. The van der Waals surface area contributed by atoms with Crippen LogP contribution in [0.5, 0.6) is 0 Å². The normalized spacial score (nSPS) is 20.0. The molecule has 0 bridgehead atoms. The fraction of sp³-hybridized carbons (Fsp3) is 0.556. The largest absolute Gasteiger partial charge is 0.550 e. The van der Waals surface area contributed by atoms with E-state index in [1.54, 1.807) is 0 Å². The second-order valence-electron chi connectivity index (χ2n) is 14.2. The summed E-state index contributed by atoms with van der Waals surface area (Å²) in [6, 6.07) is 21.3. The van der Waals surface area contributed by atoms with Crippen LogP contribution in [-0.2, 0) is 9.22 Å². The first-order valence-corrected chi connectivity index (χ1v) is 17.9. The molecule has 3 aromatic rings. The number of aromatic nitrogens is 1. The number of carboxylic acids is 1. The van der Waals surface area contributed by atoms with Gasteiger partial charge in [0.1, 0.15) is 5.76 Å². The van der Waals surface area contributed by atoms with Crippen LogP contribution in [0.1, 0.15) is 121 Å². The Labute approximate surface area is 253 Å². The minimum atomic E-state index is -2.64. The topological polar surface area (TPSA) is 75.4 Å². The molecule has 2 aliphatic rings. The molecule has 0 amide bonds. The fourth-order valence-electron chi connectivity index (χ4n) is 7.36. The number of benzene rings is 2. The lowest BCUT2D eigenvalue weighted by molar-refractivity contribution is -0.306. The maximum atomic E-state index is 11.9. The van der Waals surface area contributed by atoms with Crippen molar-refractivity contribution in [2.45, 2.75) is 109 Å². The zero-order chi connectivity index (χ0) is 29.9. The average Bonchev–Trinajstić information content (AvgIpc) is 3.68. The molecule has 0 saturated heterocycles. The van der Waals surface area contributed by atoms with E-state index in [1.165, 1.54) is 22.4 Å². The third-order valence-corrected chi connectivity index (χ3v) is 14.5. The molecule has 5 nitrogen and oxygen atoms in total. The highest BCUT2D eigenvalue weighted by molar-refractivity contribution is 6.99. The zero-order valence-corrected chi connectivity index (χ0v) is 27.1. The van der Waals surface area contributed by atoms with E-state index in [9.17, 15) is 9.90 Å². The van der Waals surface area contributed by atoms with Gasteiger partial charge in [0.15, 0.2) is 0 Å². The molecule has 0 unspecified atom stereocenters. The van der Waals surface area contributed by atoms with Crippen LogP contribution in [0.15, 0.2) is 65.2 Å². The summed E-state index contributed by atoms with van der Waals surface area (Å²) in [5, 5.41) is 18.9. The summed E-state index contributed by atoms with van der Waals surface area (Å²) in [6.07, 6.45) is 7.23. The number of rotatable bonds is 14. The van der Waals surface area contributed by atoms with Gasteiger partial charge >= 0.3 is 0 Å². The van der Waals surface area contributed by atoms with Gasteiger partial charge in [0, 0.05) is 30.0 Å². The number of hydrogen-bond acceptors (Lipinski definition) is 5. The highest BCUT2D eigenvalue weighted by atomic mass is 28.4. The lowest BCUT2D eigenvalue weighted by Gasteiger charge is -2.43. The first-order valence-electron chi connectivity index (χ1n) is 16.0. The smallest absolute Gasteiger partial charge is 0.261 e. The number of hydrogen-bond donors (Lipinski definition) is 0. The Morgan fingerprint density at radius 2 is 1.60 bits per heavy atom. The van der Waals surface area contributed by atoms with Gasteiger partial charge < -0.3 is 18.9 Å². The van der Waals surface area contributed by atoms with Crippen LogP contribution in [0.3, 0.4) is 0 Å². The van der Waals surface area contributed by atoms with Crippen LogP contribution in [-0.4, -0.2) is 26.1 Å². The summed E-state index contributed by atoms with van der Waals surface area (Å²) in [5.41, 5.74) is 2.09. The van der Waals surface area contributed by atoms with Crippen LogP contribution in [0, 0.1) is 11.8 Å². The number of carbonyl (C=O) groups is 1. The van der Waals surface area contributed by atoms with Crippen molar-refractivity contribution in [2.75, 3.05) is 6.61 Å². The number of nitrogens with zero attached hydrogens (tertiary/aromatic N) is 1. The van der Waals surface area contributed by atoms with Gasteiger partial charge in [-0.1, -0.05) is 100 Å². The van der Waals surface area contributed by atoms with Crippen molar-refractivity contribution < 1.29 is 18.9 Å². The lowest BCUT2D eigenvalue weighted by Crippen LogP contribution is -2.66. The van der Waals surface area contributed by atoms with E-state index < -0.39 is 14.3 Å². The van der Waals surface area contributed by atoms with Crippen molar-refractivity contribution in [2.24, 2.45) is 11.8 Å². The molecule has 2 fully saturated rings. The Kier molecular flexibility index (Phi) is 9.43. The number of aliphatic carboxylic acids is 1. The van der Waals surface area contributed by atoms with E-state index >= 15 is 0 Å². The third kappa shape index (κ3) is 6.60. The van der Waals surface area contributed by atoms with Gasteiger partial charge in [-0.15, -0.1) is 0 Å². The van der Waals surface area contributed by atoms with E-state index in [0.29, 0.717) is 30.8 Å². The summed E-state index contributed by atoms with van der Waals surface area (Å²) in [7, 11) is -2.64. The maximum Gasteiger partial charge on any atom is 0.261 e. The molecule has 0 N–H and O–H groups in total. The van der Waals surface area contributed by atoms with Gasteiger partial charge in [0.05, 0.1) is 5.69 Å². The van der Waals surface area contributed by atoms with Crippen LogP contribution in [0.2, 0.25) is 5.04 Å². The van der Waals surface area contributed by atoms with Gasteiger partial charge in [-0.05, 0) is 84.5 Å². The van der Waals surface area contributed by atoms with Gasteiger partial charge in [0.2, 0.25) is 0 Å². The molecular weight excluding hydrogens is 538 g/mol. The first kappa shape index (κ1) is 30.7. The molecule has 1 heterocycles. The van der Waals surface area contributed by atoms with Crippen molar-refractivity contribution in [1.82, 2.24) is 5.16 Å². The Bertz CT molecular complexity index is 1260. The summed E-state index contributed by atoms with van der Waals surface area (Å²) >= 11 is 0. The van der Waals surface area contributed by atoms with Crippen LogP contribution < -0.4 is 15.5 Å². The van der Waals surface area contributed by atoms with E-state index in [2.05, 4.69) is 100 Å². The molecule has 0 radical (unpaired) electrons. The molecule has 2 aliphatic carbocycles. The van der Waals surface area contributed by atoms with Crippen molar-refractivity contribution in [3.63, 3.8) is 0 Å². The molecule has 226 valence electrons. The maximum absolute atomic E-state index is 11.9. The molecule has 5 rings (SSSR count). The standard InChI is InChI=1S/C36H49NO4Si/c1-25(2)21-26-22-29(23-26)35-33(27-18-19-27)34(37-41-35)28(24-32(38)39)13-12-20-40-42(36(3,4)5,30-14-8-6-9-15-30)31-16-10-7-11-17-31/h6-11,14-17,25-29H,12-13,18-24H2,1-5H3,(H,38,39)/p-1/t26?,28-,29?/m0/s1. The zero-order valence-electron chi connectivity index (χ0n) is 26.1. The highest BCUT2D eigenvalue weighted by Crippen LogP contribution is 2.53. The Hall–Kier alpha value is -2.70. The van der Waals surface area contributed by atoms with Crippen molar-refractivity contribution >= 4 is 24.7 Å². The van der Waals surface area contributed by atoms with E-state index in [-0.39, 0.29) is 17.4 Å². The molecule has 0 aliphatic heterocycles. The Morgan fingerprint density at radius 3 is 2.10 bits per heavy atom. The monoisotopic (exact) mass is 586 g/mol. The summed E-state index contributed by atoms with van der Waals surface area (Å²) in [4.78, 5) is 11.9.